The van der Waals surface area contributed by atoms with E-state index in [1.807, 2.05) is 0 Å². The summed E-state index contributed by atoms with van der Waals surface area (Å²) in [5.74, 6) is -0.612. The summed E-state index contributed by atoms with van der Waals surface area (Å²) in [6, 6.07) is 0. The third kappa shape index (κ3) is 1.21. The minimum atomic E-state index is -0.612. The Bertz CT molecular complexity index is 323. The van der Waals surface area contributed by atoms with Crippen LogP contribution in [-0.4, -0.2) is 16.6 Å². The van der Waals surface area contributed by atoms with Crippen molar-refractivity contribution in [1.82, 2.24) is 0 Å². The molecular weight excluding hydrogens is 202 g/mol. The Hall–Kier alpha value is -0.570. The van der Waals surface area contributed by atoms with Gasteiger partial charge in [0.05, 0.1) is 5.41 Å². The van der Waals surface area contributed by atoms with Crippen molar-refractivity contribution in [2.24, 2.45) is 22.0 Å². The molecule has 0 aliphatic heterocycles. The van der Waals surface area contributed by atoms with Crippen LogP contribution in [0.2, 0.25) is 0 Å². The fourth-order valence-electron chi connectivity index (χ4n) is 6.01. The molecule has 3 nitrogen and oxygen atoms in total. The summed E-state index contributed by atoms with van der Waals surface area (Å²) >= 11 is 0. The number of hydrogen-bond acceptors (Lipinski definition) is 2. The van der Waals surface area contributed by atoms with E-state index in [1.54, 1.807) is 0 Å². The molecule has 3 heteroatoms. The van der Waals surface area contributed by atoms with Gasteiger partial charge in [-0.2, -0.15) is 0 Å². The van der Waals surface area contributed by atoms with E-state index in [-0.39, 0.29) is 16.4 Å². The summed E-state index contributed by atoms with van der Waals surface area (Å²) in [4.78, 5) is 11.6. The van der Waals surface area contributed by atoms with E-state index in [0.717, 1.165) is 32.1 Å². The van der Waals surface area contributed by atoms with Crippen molar-refractivity contribution in [2.45, 2.75) is 57.9 Å². The van der Waals surface area contributed by atoms with E-state index in [1.165, 1.54) is 0 Å². The van der Waals surface area contributed by atoms with Crippen molar-refractivity contribution in [3.63, 3.8) is 0 Å². The number of rotatable bonds is 1. The maximum atomic E-state index is 11.6. The van der Waals surface area contributed by atoms with Crippen LogP contribution in [0.4, 0.5) is 0 Å². The first-order chi connectivity index (χ1) is 7.19. The molecule has 0 spiro atoms. The highest BCUT2D eigenvalue weighted by Crippen LogP contribution is 2.70. The van der Waals surface area contributed by atoms with Crippen LogP contribution in [0, 0.1) is 16.2 Å². The summed E-state index contributed by atoms with van der Waals surface area (Å²) in [6.07, 6.45) is 5.57. The Labute approximate surface area is 96.4 Å². The molecule has 3 N–H and O–H groups in total. The first-order valence-corrected chi connectivity index (χ1v) is 6.21. The maximum absolute atomic E-state index is 11.6. The predicted octanol–water partition coefficient (Wildman–Crippen LogP) is 2.15. The van der Waals surface area contributed by atoms with Gasteiger partial charge >= 0.3 is 5.97 Å². The lowest BCUT2D eigenvalue weighted by atomic mass is 9.38. The largest absolute Gasteiger partial charge is 0.481 e. The Morgan fingerprint density at radius 3 is 1.88 bits per heavy atom. The summed E-state index contributed by atoms with van der Waals surface area (Å²) < 4.78 is 0. The monoisotopic (exact) mass is 223 g/mol. The Kier molecular flexibility index (Phi) is 1.64. The highest BCUT2D eigenvalue weighted by Gasteiger charge is 2.66. The second kappa shape index (κ2) is 2.47. The molecule has 4 bridgehead atoms. The fourth-order valence-corrected chi connectivity index (χ4v) is 6.01. The summed E-state index contributed by atoms with van der Waals surface area (Å²) in [6.45, 7) is 4.48. The van der Waals surface area contributed by atoms with Gasteiger partial charge in [-0.3, -0.25) is 4.79 Å². The molecule has 4 fully saturated rings. The Morgan fingerprint density at radius 1 is 1.00 bits per heavy atom. The molecule has 16 heavy (non-hydrogen) atoms. The zero-order valence-corrected chi connectivity index (χ0v) is 10.2. The van der Waals surface area contributed by atoms with Crippen molar-refractivity contribution in [1.29, 1.82) is 0 Å². The molecule has 0 unspecified atom stereocenters. The minimum Gasteiger partial charge on any atom is -0.481 e. The fraction of sp³-hybridized carbons (Fsp3) is 0.923. The second-order valence-corrected chi connectivity index (χ2v) is 7.63. The van der Waals surface area contributed by atoms with Crippen molar-refractivity contribution in [2.75, 3.05) is 0 Å². The first-order valence-electron chi connectivity index (χ1n) is 6.21. The summed E-state index contributed by atoms with van der Waals surface area (Å²) in [5.41, 5.74) is 6.05. The van der Waals surface area contributed by atoms with Gasteiger partial charge in [0, 0.05) is 5.54 Å². The topological polar surface area (TPSA) is 63.3 Å². The Morgan fingerprint density at radius 2 is 1.50 bits per heavy atom. The van der Waals surface area contributed by atoms with E-state index in [4.69, 9.17) is 5.73 Å². The Balaban J connectivity index is 2.11. The second-order valence-electron chi connectivity index (χ2n) is 7.63. The lowest BCUT2D eigenvalue weighted by Crippen LogP contribution is -2.67. The van der Waals surface area contributed by atoms with Gasteiger partial charge < -0.3 is 10.8 Å². The average molecular weight is 223 g/mol. The lowest BCUT2D eigenvalue weighted by Gasteiger charge is -2.67. The van der Waals surface area contributed by atoms with Gasteiger partial charge in [0.15, 0.2) is 0 Å². The van der Waals surface area contributed by atoms with Crippen molar-refractivity contribution >= 4 is 5.97 Å². The van der Waals surface area contributed by atoms with Gasteiger partial charge in [-0.1, -0.05) is 13.8 Å². The third-order valence-corrected chi connectivity index (χ3v) is 5.09. The molecular formula is C13H21NO2. The molecule has 0 aromatic rings. The van der Waals surface area contributed by atoms with Crippen LogP contribution in [0.25, 0.3) is 0 Å². The van der Waals surface area contributed by atoms with Crippen LogP contribution < -0.4 is 5.73 Å². The summed E-state index contributed by atoms with van der Waals surface area (Å²) in [5, 5.41) is 9.57. The normalized spacial score (nSPS) is 58.9. The molecule has 4 aliphatic carbocycles. The number of carboxylic acids is 1. The van der Waals surface area contributed by atoms with Crippen molar-refractivity contribution < 1.29 is 9.90 Å². The number of nitrogens with two attached hydrogens (primary N) is 1. The number of aliphatic carboxylic acids is 1. The molecule has 0 aromatic heterocycles. The quantitative estimate of drug-likeness (QED) is 0.716. The van der Waals surface area contributed by atoms with Gasteiger partial charge in [-0.15, -0.1) is 0 Å². The van der Waals surface area contributed by atoms with E-state index < -0.39 is 11.4 Å². The SMILES string of the molecule is C[C@@]12CC3(N)CC(C(=O)O)(C1)C[C@@](C)(C3)C2. The third-order valence-electron chi connectivity index (χ3n) is 5.09. The zero-order chi connectivity index (χ0) is 11.8. The number of carboxylic acid groups (broad SMARTS) is 1. The molecule has 2 atom stereocenters. The lowest BCUT2D eigenvalue weighted by molar-refractivity contribution is -0.189. The molecule has 0 aromatic carbocycles. The molecule has 0 saturated heterocycles. The molecule has 0 radical (unpaired) electrons. The van der Waals surface area contributed by atoms with Crippen LogP contribution >= 0.6 is 0 Å². The number of hydrogen-bond donors (Lipinski definition) is 2. The van der Waals surface area contributed by atoms with E-state index in [2.05, 4.69) is 13.8 Å². The molecule has 0 amide bonds. The molecule has 4 rings (SSSR count). The van der Waals surface area contributed by atoms with E-state index in [9.17, 15) is 9.90 Å². The van der Waals surface area contributed by atoms with Crippen molar-refractivity contribution in [3.8, 4) is 0 Å². The van der Waals surface area contributed by atoms with Crippen LogP contribution in [0.1, 0.15) is 52.4 Å². The van der Waals surface area contributed by atoms with Gasteiger partial charge in [0.25, 0.3) is 0 Å². The molecule has 4 aliphatic rings. The highest BCUT2D eigenvalue weighted by atomic mass is 16.4. The van der Waals surface area contributed by atoms with Crippen molar-refractivity contribution in [3.05, 3.63) is 0 Å². The minimum absolute atomic E-state index is 0.163. The van der Waals surface area contributed by atoms with Crippen LogP contribution in [0.3, 0.4) is 0 Å². The number of carbonyl (C=O) groups is 1. The molecule has 90 valence electrons. The van der Waals surface area contributed by atoms with E-state index in [0.29, 0.717) is 6.42 Å². The highest BCUT2D eigenvalue weighted by molar-refractivity contribution is 5.76. The van der Waals surface area contributed by atoms with Crippen LogP contribution in [-0.2, 0) is 4.79 Å². The smallest absolute Gasteiger partial charge is 0.309 e. The zero-order valence-electron chi connectivity index (χ0n) is 10.2. The van der Waals surface area contributed by atoms with Gasteiger partial charge in [0.2, 0.25) is 0 Å². The maximum Gasteiger partial charge on any atom is 0.309 e. The van der Waals surface area contributed by atoms with Gasteiger partial charge in [-0.25, -0.2) is 0 Å². The first kappa shape index (κ1) is 10.6. The van der Waals surface area contributed by atoms with Gasteiger partial charge in [0.1, 0.15) is 0 Å². The van der Waals surface area contributed by atoms with Gasteiger partial charge in [-0.05, 0) is 49.4 Å². The standard InChI is InChI=1S/C13H21NO2/c1-10-3-11(2)5-12(4-10,9(15)16)8-13(14,6-10)7-11/h3-8,14H2,1-2H3,(H,15,16)/t10-,11-,12?,13?/m0/s1. The van der Waals surface area contributed by atoms with E-state index >= 15 is 0 Å². The van der Waals surface area contributed by atoms with Crippen LogP contribution in [0.5, 0.6) is 0 Å². The molecule has 4 saturated carbocycles. The molecule has 0 heterocycles. The predicted molar refractivity (Wildman–Crippen MR) is 60.9 cm³/mol. The average Bonchev–Trinajstić information content (AvgIpc) is 1.92. The summed E-state index contributed by atoms with van der Waals surface area (Å²) in [7, 11) is 0. The van der Waals surface area contributed by atoms with Crippen LogP contribution in [0.15, 0.2) is 0 Å².